The number of amides is 1. The van der Waals surface area contributed by atoms with Gasteiger partial charge in [-0.15, -0.1) is 0 Å². The van der Waals surface area contributed by atoms with Crippen LogP contribution in [0.25, 0.3) is 0 Å². The lowest BCUT2D eigenvalue weighted by Crippen LogP contribution is -2.44. The zero-order valence-corrected chi connectivity index (χ0v) is 19.0. The first-order valence-corrected chi connectivity index (χ1v) is 11.0. The number of nitrogens with two attached hydrogens (primary N) is 1. The number of benzene rings is 1. The summed E-state index contributed by atoms with van der Waals surface area (Å²) in [7, 11) is 1.68. The molecule has 7 heteroatoms. The first-order chi connectivity index (χ1) is 14.4. The molecule has 1 aromatic carbocycles. The Labute approximate surface area is 181 Å². The number of ether oxygens (including phenoxy) is 2. The fourth-order valence-electron chi connectivity index (χ4n) is 3.17. The minimum atomic E-state index is -0.603. The standard InChI is InChI=1S/C23H41N3O4/c1-5-25-16-21(27)20(24)14-18(17(2)3)15-26-23(28)19-10-6-7-11-22(19)30-13-9-8-12-29-4/h6-7,10-11,17-18,20-21,25,27H,5,8-9,12-16,24H2,1-4H3,(H,26,28)/t18-,20+,21+/m1/s1. The van der Waals surface area contributed by atoms with E-state index in [0.29, 0.717) is 50.0 Å². The van der Waals surface area contributed by atoms with E-state index in [4.69, 9.17) is 15.2 Å². The van der Waals surface area contributed by atoms with Crippen LogP contribution in [0.5, 0.6) is 5.75 Å². The summed E-state index contributed by atoms with van der Waals surface area (Å²) in [6.45, 7) is 9.22. The van der Waals surface area contributed by atoms with E-state index in [0.717, 1.165) is 19.4 Å². The molecule has 0 aliphatic carbocycles. The number of hydrogen-bond acceptors (Lipinski definition) is 6. The highest BCUT2D eigenvalue weighted by Gasteiger charge is 2.23. The molecule has 0 saturated heterocycles. The summed E-state index contributed by atoms with van der Waals surface area (Å²) >= 11 is 0. The molecule has 0 spiro atoms. The lowest BCUT2D eigenvalue weighted by atomic mass is 9.87. The Morgan fingerprint density at radius 1 is 1.17 bits per heavy atom. The van der Waals surface area contributed by atoms with Crippen molar-refractivity contribution in [3.63, 3.8) is 0 Å². The first-order valence-electron chi connectivity index (χ1n) is 11.0. The van der Waals surface area contributed by atoms with Crippen LogP contribution in [0.1, 0.15) is 50.4 Å². The Hall–Kier alpha value is -1.67. The lowest BCUT2D eigenvalue weighted by Gasteiger charge is -2.27. The van der Waals surface area contributed by atoms with Gasteiger partial charge in [0.1, 0.15) is 5.75 Å². The fourth-order valence-corrected chi connectivity index (χ4v) is 3.17. The number of aliphatic hydroxyl groups is 1. The summed E-state index contributed by atoms with van der Waals surface area (Å²) in [6.07, 6.45) is 1.82. The number of para-hydroxylation sites is 1. The van der Waals surface area contributed by atoms with E-state index < -0.39 is 6.10 Å². The van der Waals surface area contributed by atoms with Gasteiger partial charge in [-0.2, -0.15) is 0 Å². The average molecular weight is 424 g/mol. The van der Waals surface area contributed by atoms with Gasteiger partial charge in [-0.1, -0.05) is 32.9 Å². The van der Waals surface area contributed by atoms with Gasteiger partial charge in [-0.05, 0) is 49.8 Å². The van der Waals surface area contributed by atoms with E-state index in [1.807, 2.05) is 25.1 Å². The van der Waals surface area contributed by atoms with E-state index >= 15 is 0 Å². The van der Waals surface area contributed by atoms with Crippen LogP contribution in [0.15, 0.2) is 24.3 Å². The van der Waals surface area contributed by atoms with Crippen LogP contribution in [0.2, 0.25) is 0 Å². The van der Waals surface area contributed by atoms with Crippen LogP contribution >= 0.6 is 0 Å². The maximum absolute atomic E-state index is 12.8. The molecular formula is C23H41N3O4. The Morgan fingerprint density at radius 2 is 1.87 bits per heavy atom. The highest BCUT2D eigenvalue weighted by atomic mass is 16.5. The van der Waals surface area contributed by atoms with Gasteiger partial charge in [0.15, 0.2) is 0 Å². The minimum Gasteiger partial charge on any atom is -0.493 e. The summed E-state index contributed by atoms with van der Waals surface area (Å²) in [5.74, 6) is 0.929. The number of hydrogen-bond donors (Lipinski definition) is 4. The van der Waals surface area contributed by atoms with E-state index in [1.54, 1.807) is 13.2 Å². The van der Waals surface area contributed by atoms with Gasteiger partial charge in [0.05, 0.1) is 18.3 Å². The number of methoxy groups -OCH3 is 1. The largest absolute Gasteiger partial charge is 0.493 e. The number of rotatable bonds is 16. The van der Waals surface area contributed by atoms with Crippen molar-refractivity contribution in [2.75, 3.05) is 40.0 Å². The molecule has 7 nitrogen and oxygen atoms in total. The van der Waals surface area contributed by atoms with Crippen LogP contribution in [-0.4, -0.2) is 63.1 Å². The molecule has 1 amide bonds. The topological polar surface area (TPSA) is 106 Å². The fraction of sp³-hybridized carbons (Fsp3) is 0.696. The second-order valence-electron chi connectivity index (χ2n) is 8.03. The van der Waals surface area contributed by atoms with Crippen molar-refractivity contribution in [3.05, 3.63) is 29.8 Å². The quantitative estimate of drug-likeness (QED) is 0.304. The predicted molar refractivity (Wildman–Crippen MR) is 121 cm³/mol. The van der Waals surface area contributed by atoms with Gasteiger partial charge in [0.2, 0.25) is 0 Å². The maximum atomic E-state index is 12.8. The Bertz CT molecular complexity index is 598. The van der Waals surface area contributed by atoms with Gasteiger partial charge in [-0.25, -0.2) is 0 Å². The SMILES string of the molecule is CCNC[C@H](O)[C@@H](N)C[C@H](CNC(=O)c1ccccc1OCCCCOC)C(C)C. The monoisotopic (exact) mass is 423 g/mol. The number of unbranched alkanes of at least 4 members (excludes halogenated alkanes) is 1. The van der Waals surface area contributed by atoms with Gasteiger partial charge in [0, 0.05) is 32.8 Å². The van der Waals surface area contributed by atoms with Crippen molar-refractivity contribution in [1.29, 1.82) is 0 Å². The zero-order chi connectivity index (χ0) is 22.4. The number of aliphatic hydroxyl groups excluding tert-OH is 1. The lowest BCUT2D eigenvalue weighted by molar-refractivity contribution is 0.0927. The first kappa shape index (κ1) is 26.4. The van der Waals surface area contributed by atoms with E-state index in [2.05, 4.69) is 24.5 Å². The number of carbonyl (C=O) groups excluding carboxylic acids is 1. The summed E-state index contributed by atoms with van der Waals surface area (Å²) < 4.78 is 10.9. The Morgan fingerprint density at radius 3 is 2.53 bits per heavy atom. The van der Waals surface area contributed by atoms with Crippen molar-refractivity contribution in [2.24, 2.45) is 17.6 Å². The van der Waals surface area contributed by atoms with Crippen LogP contribution in [-0.2, 0) is 4.74 Å². The maximum Gasteiger partial charge on any atom is 0.255 e. The second-order valence-corrected chi connectivity index (χ2v) is 8.03. The molecule has 0 radical (unpaired) electrons. The molecule has 1 rings (SSSR count). The predicted octanol–water partition coefficient (Wildman–Crippen LogP) is 2.18. The molecule has 0 fully saturated rings. The molecule has 0 aliphatic heterocycles. The smallest absolute Gasteiger partial charge is 0.255 e. The molecule has 0 bridgehead atoms. The molecule has 0 aliphatic rings. The summed E-state index contributed by atoms with van der Waals surface area (Å²) in [4.78, 5) is 12.8. The van der Waals surface area contributed by atoms with Gasteiger partial charge in [0.25, 0.3) is 5.91 Å². The number of likely N-dealkylation sites (N-methyl/N-ethyl adjacent to an activating group) is 1. The highest BCUT2D eigenvalue weighted by molar-refractivity contribution is 5.96. The van der Waals surface area contributed by atoms with E-state index in [9.17, 15) is 9.90 Å². The van der Waals surface area contributed by atoms with E-state index in [-0.39, 0.29) is 17.9 Å². The molecule has 172 valence electrons. The zero-order valence-electron chi connectivity index (χ0n) is 19.0. The van der Waals surface area contributed by atoms with Gasteiger partial charge < -0.3 is 30.9 Å². The highest BCUT2D eigenvalue weighted by Crippen LogP contribution is 2.20. The third kappa shape index (κ3) is 9.89. The molecule has 30 heavy (non-hydrogen) atoms. The molecule has 5 N–H and O–H groups in total. The second kappa shape index (κ2) is 15.2. The van der Waals surface area contributed by atoms with Gasteiger partial charge in [-0.3, -0.25) is 4.79 Å². The van der Waals surface area contributed by atoms with Crippen molar-refractivity contribution in [2.45, 2.75) is 52.2 Å². The van der Waals surface area contributed by atoms with Crippen molar-refractivity contribution in [3.8, 4) is 5.75 Å². The molecule has 0 aromatic heterocycles. The normalized spacial score (nSPS) is 14.4. The summed E-state index contributed by atoms with van der Waals surface area (Å²) in [6, 6.07) is 6.95. The Kier molecular flexibility index (Phi) is 13.3. The van der Waals surface area contributed by atoms with Crippen LogP contribution < -0.4 is 21.1 Å². The van der Waals surface area contributed by atoms with Crippen LogP contribution in [0, 0.1) is 11.8 Å². The van der Waals surface area contributed by atoms with Crippen LogP contribution in [0.3, 0.4) is 0 Å². The molecule has 1 aromatic rings. The third-order valence-electron chi connectivity index (χ3n) is 5.27. The van der Waals surface area contributed by atoms with Crippen molar-refractivity contribution < 1.29 is 19.4 Å². The van der Waals surface area contributed by atoms with E-state index in [1.165, 1.54) is 0 Å². The average Bonchev–Trinajstić information content (AvgIpc) is 2.74. The number of nitrogens with one attached hydrogen (secondary N) is 2. The Balaban J connectivity index is 2.61. The van der Waals surface area contributed by atoms with Crippen molar-refractivity contribution in [1.82, 2.24) is 10.6 Å². The molecule has 0 heterocycles. The number of carbonyl (C=O) groups is 1. The molecular weight excluding hydrogens is 382 g/mol. The molecule has 0 unspecified atom stereocenters. The third-order valence-corrected chi connectivity index (χ3v) is 5.27. The summed E-state index contributed by atoms with van der Waals surface area (Å²) in [5.41, 5.74) is 6.73. The van der Waals surface area contributed by atoms with Crippen molar-refractivity contribution >= 4 is 5.91 Å². The van der Waals surface area contributed by atoms with Crippen LogP contribution in [0.4, 0.5) is 0 Å². The molecule has 3 atom stereocenters. The van der Waals surface area contributed by atoms with Gasteiger partial charge >= 0.3 is 0 Å². The summed E-state index contributed by atoms with van der Waals surface area (Å²) in [5, 5.41) is 16.4. The molecule has 0 saturated carbocycles. The minimum absolute atomic E-state index is 0.157.